The smallest absolute Gasteiger partial charge is 0.258 e. The van der Waals surface area contributed by atoms with Crippen LogP contribution in [-0.4, -0.2) is 22.9 Å². The lowest BCUT2D eigenvalue weighted by atomic mass is 10.1. The number of fused-ring (bicyclic) bond motifs is 1. The molecule has 0 aliphatic heterocycles. The van der Waals surface area contributed by atoms with Gasteiger partial charge in [0.15, 0.2) is 0 Å². The van der Waals surface area contributed by atoms with E-state index in [1.54, 1.807) is 0 Å². The Hall–Kier alpha value is -3.28. The van der Waals surface area contributed by atoms with E-state index in [-0.39, 0.29) is 24.9 Å². The highest BCUT2D eigenvalue weighted by molar-refractivity contribution is 5.86. The fourth-order valence-corrected chi connectivity index (χ4v) is 3.11. The van der Waals surface area contributed by atoms with Crippen LogP contribution in [0.1, 0.15) is 16.8 Å². The lowest BCUT2D eigenvalue weighted by Gasteiger charge is -2.12. The maximum absolute atomic E-state index is 12.2. The number of aryl methyl sites for hydroxylation is 3. The van der Waals surface area contributed by atoms with Crippen molar-refractivity contribution in [2.75, 3.05) is 11.9 Å². The van der Waals surface area contributed by atoms with Gasteiger partial charge in [-0.25, -0.2) is 0 Å². The van der Waals surface area contributed by atoms with E-state index in [9.17, 15) is 9.59 Å². The zero-order chi connectivity index (χ0) is 19.4. The summed E-state index contributed by atoms with van der Waals surface area (Å²) in [7, 11) is 0. The molecular weight excluding hydrogens is 340 g/mol. The summed E-state index contributed by atoms with van der Waals surface area (Å²) in [5.74, 6) is -0.586. The average molecular weight is 364 g/mol. The zero-order valence-corrected chi connectivity index (χ0v) is 15.8. The fourth-order valence-electron chi connectivity index (χ4n) is 3.11. The van der Waals surface area contributed by atoms with Crippen molar-refractivity contribution in [3.8, 4) is 0 Å². The van der Waals surface area contributed by atoms with Gasteiger partial charge in [0.25, 0.3) is 11.8 Å². The summed E-state index contributed by atoms with van der Waals surface area (Å²) in [6.45, 7) is 6.19. The SMILES string of the molecule is Cc1ccc(NCC(=O)NNC(=O)Cn2c(C)cc3ccccc32)c(C)c1. The molecule has 6 heteroatoms. The lowest BCUT2D eigenvalue weighted by molar-refractivity contribution is -0.128. The monoisotopic (exact) mass is 364 g/mol. The van der Waals surface area contributed by atoms with Gasteiger partial charge < -0.3 is 9.88 Å². The molecule has 3 rings (SSSR count). The Morgan fingerprint density at radius 2 is 1.67 bits per heavy atom. The van der Waals surface area contributed by atoms with E-state index >= 15 is 0 Å². The van der Waals surface area contributed by atoms with Crippen LogP contribution in [0.4, 0.5) is 5.69 Å². The summed E-state index contributed by atoms with van der Waals surface area (Å²) in [5, 5.41) is 4.16. The van der Waals surface area contributed by atoms with E-state index < -0.39 is 0 Å². The van der Waals surface area contributed by atoms with E-state index in [1.165, 1.54) is 5.56 Å². The van der Waals surface area contributed by atoms with Crippen molar-refractivity contribution >= 4 is 28.4 Å². The van der Waals surface area contributed by atoms with Crippen molar-refractivity contribution in [1.29, 1.82) is 0 Å². The molecule has 6 nitrogen and oxygen atoms in total. The molecule has 27 heavy (non-hydrogen) atoms. The quantitative estimate of drug-likeness (QED) is 0.610. The number of amides is 2. The molecule has 2 amide bonds. The Bertz CT molecular complexity index is 991. The molecule has 0 atom stereocenters. The zero-order valence-electron chi connectivity index (χ0n) is 15.8. The summed E-state index contributed by atoms with van der Waals surface area (Å²) in [6.07, 6.45) is 0. The first-order chi connectivity index (χ1) is 12.9. The molecule has 0 spiro atoms. The molecule has 0 fully saturated rings. The molecule has 3 aromatic rings. The minimum absolute atomic E-state index is 0.0790. The van der Waals surface area contributed by atoms with Crippen LogP contribution in [0.3, 0.4) is 0 Å². The van der Waals surface area contributed by atoms with Gasteiger partial charge in [-0.05, 0) is 49.9 Å². The van der Waals surface area contributed by atoms with Gasteiger partial charge in [0, 0.05) is 16.9 Å². The second kappa shape index (κ2) is 7.95. The van der Waals surface area contributed by atoms with Crippen LogP contribution < -0.4 is 16.2 Å². The lowest BCUT2D eigenvalue weighted by Crippen LogP contribution is -2.45. The molecule has 2 aromatic carbocycles. The summed E-state index contributed by atoms with van der Waals surface area (Å²) in [6, 6.07) is 15.9. The minimum atomic E-state index is -0.308. The Morgan fingerprint density at radius 1 is 0.926 bits per heavy atom. The Labute approximate surface area is 158 Å². The number of hydrazine groups is 1. The third kappa shape index (κ3) is 4.47. The summed E-state index contributed by atoms with van der Waals surface area (Å²) >= 11 is 0. The van der Waals surface area contributed by atoms with Crippen molar-refractivity contribution in [2.24, 2.45) is 0 Å². The normalized spacial score (nSPS) is 10.6. The Balaban J connectivity index is 1.51. The number of aromatic nitrogens is 1. The second-order valence-electron chi connectivity index (χ2n) is 6.70. The average Bonchev–Trinajstić information content (AvgIpc) is 2.95. The van der Waals surface area contributed by atoms with Crippen LogP contribution in [0.15, 0.2) is 48.5 Å². The number of hydrogen-bond acceptors (Lipinski definition) is 3. The molecule has 3 N–H and O–H groups in total. The largest absolute Gasteiger partial charge is 0.376 e. The summed E-state index contributed by atoms with van der Waals surface area (Å²) in [5.41, 5.74) is 10.1. The predicted octanol–water partition coefficient (Wildman–Crippen LogP) is 2.83. The molecule has 0 aliphatic carbocycles. The molecule has 0 saturated carbocycles. The number of rotatable bonds is 5. The topological polar surface area (TPSA) is 75.2 Å². The van der Waals surface area contributed by atoms with E-state index in [2.05, 4.69) is 16.2 Å². The maximum atomic E-state index is 12.2. The number of carbonyl (C=O) groups excluding carboxylic acids is 2. The highest BCUT2D eigenvalue weighted by atomic mass is 16.2. The van der Waals surface area contributed by atoms with E-state index in [0.29, 0.717) is 0 Å². The van der Waals surface area contributed by atoms with Gasteiger partial charge in [0.05, 0.1) is 6.54 Å². The highest BCUT2D eigenvalue weighted by Gasteiger charge is 2.10. The first kappa shape index (κ1) is 18.5. The van der Waals surface area contributed by atoms with Gasteiger partial charge in [-0.2, -0.15) is 0 Å². The van der Waals surface area contributed by atoms with Crippen LogP contribution >= 0.6 is 0 Å². The van der Waals surface area contributed by atoms with Gasteiger partial charge in [-0.1, -0.05) is 35.9 Å². The third-order valence-corrected chi connectivity index (χ3v) is 4.48. The third-order valence-electron chi connectivity index (χ3n) is 4.48. The van der Waals surface area contributed by atoms with Gasteiger partial charge in [0.2, 0.25) is 0 Å². The number of carbonyl (C=O) groups is 2. The molecular formula is C21H24N4O2. The molecule has 0 aliphatic rings. The first-order valence-electron chi connectivity index (χ1n) is 8.88. The van der Waals surface area contributed by atoms with Gasteiger partial charge in [0.1, 0.15) is 6.54 Å². The fraction of sp³-hybridized carbons (Fsp3) is 0.238. The standard InChI is InChI=1S/C21H24N4O2/c1-14-8-9-18(15(2)10-14)22-12-20(26)23-24-21(27)13-25-16(3)11-17-6-4-5-7-19(17)25/h4-11,22H,12-13H2,1-3H3,(H,23,26)(H,24,27). The molecule has 0 bridgehead atoms. The summed E-state index contributed by atoms with van der Waals surface area (Å²) in [4.78, 5) is 24.2. The van der Waals surface area contributed by atoms with Gasteiger partial charge >= 0.3 is 0 Å². The number of nitrogens with one attached hydrogen (secondary N) is 3. The summed E-state index contributed by atoms with van der Waals surface area (Å²) < 4.78 is 1.92. The molecule has 0 saturated heterocycles. The van der Waals surface area contributed by atoms with Crippen molar-refractivity contribution < 1.29 is 9.59 Å². The van der Waals surface area contributed by atoms with Gasteiger partial charge in [-0.15, -0.1) is 0 Å². The first-order valence-corrected chi connectivity index (χ1v) is 8.88. The van der Waals surface area contributed by atoms with Crippen molar-refractivity contribution in [1.82, 2.24) is 15.4 Å². The van der Waals surface area contributed by atoms with Gasteiger partial charge in [-0.3, -0.25) is 20.4 Å². The Kier molecular flexibility index (Phi) is 5.45. The number of benzene rings is 2. The van der Waals surface area contributed by atoms with E-state index in [0.717, 1.165) is 27.8 Å². The molecule has 140 valence electrons. The van der Waals surface area contributed by atoms with Crippen molar-refractivity contribution in [3.05, 3.63) is 65.4 Å². The number of hydrogen-bond donors (Lipinski definition) is 3. The molecule has 0 unspecified atom stereocenters. The minimum Gasteiger partial charge on any atom is -0.376 e. The molecule has 1 heterocycles. The van der Waals surface area contributed by atoms with Crippen LogP contribution in [-0.2, 0) is 16.1 Å². The van der Waals surface area contributed by atoms with Crippen LogP contribution in [0.2, 0.25) is 0 Å². The highest BCUT2D eigenvalue weighted by Crippen LogP contribution is 2.18. The predicted molar refractivity (Wildman–Crippen MR) is 107 cm³/mol. The van der Waals surface area contributed by atoms with Crippen LogP contribution in [0.25, 0.3) is 10.9 Å². The number of nitrogens with zero attached hydrogens (tertiary/aromatic N) is 1. The van der Waals surface area contributed by atoms with Crippen molar-refractivity contribution in [3.63, 3.8) is 0 Å². The molecule has 0 radical (unpaired) electrons. The number of para-hydroxylation sites is 1. The molecule has 1 aromatic heterocycles. The maximum Gasteiger partial charge on any atom is 0.258 e. The van der Waals surface area contributed by atoms with Crippen LogP contribution in [0.5, 0.6) is 0 Å². The van der Waals surface area contributed by atoms with E-state index in [4.69, 9.17) is 0 Å². The van der Waals surface area contributed by atoms with Crippen LogP contribution in [0, 0.1) is 20.8 Å². The second-order valence-corrected chi connectivity index (χ2v) is 6.70. The number of anilines is 1. The van der Waals surface area contributed by atoms with Crippen molar-refractivity contribution in [2.45, 2.75) is 27.3 Å². The van der Waals surface area contributed by atoms with E-state index in [1.807, 2.05) is 73.9 Å². The Morgan fingerprint density at radius 3 is 2.44 bits per heavy atom.